The van der Waals surface area contributed by atoms with Crippen LogP contribution in [-0.4, -0.2) is 46.9 Å². The number of carbonyl (C=O) groups excluding carboxylic acids is 4. The Labute approximate surface area is 143 Å². The van der Waals surface area contributed by atoms with E-state index in [2.05, 4.69) is 0 Å². The van der Waals surface area contributed by atoms with Crippen molar-refractivity contribution < 1.29 is 23.9 Å². The van der Waals surface area contributed by atoms with Gasteiger partial charge < -0.3 is 15.4 Å². The van der Waals surface area contributed by atoms with Gasteiger partial charge in [0.25, 0.3) is 11.8 Å². The summed E-state index contributed by atoms with van der Waals surface area (Å²) in [4.78, 5) is 52.5. The SMILES string of the molecule is NC(=O)COC(=O)[C@@]12CCC(=O)N1c1ccccc1C(=O)N2C1CC1. The molecule has 1 aliphatic carbocycles. The monoisotopic (exact) mass is 343 g/mol. The largest absolute Gasteiger partial charge is 0.452 e. The first kappa shape index (κ1) is 15.6. The van der Waals surface area contributed by atoms with Crippen LogP contribution in [-0.2, 0) is 19.1 Å². The Kier molecular flexibility index (Phi) is 3.31. The molecule has 130 valence electrons. The van der Waals surface area contributed by atoms with Gasteiger partial charge in [-0.2, -0.15) is 0 Å². The van der Waals surface area contributed by atoms with E-state index in [0.29, 0.717) is 11.3 Å². The zero-order valence-electron chi connectivity index (χ0n) is 13.4. The van der Waals surface area contributed by atoms with E-state index in [4.69, 9.17) is 10.5 Å². The van der Waals surface area contributed by atoms with Crippen molar-refractivity contribution in [2.24, 2.45) is 5.73 Å². The third-order valence-electron chi connectivity index (χ3n) is 4.88. The highest BCUT2D eigenvalue weighted by Gasteiger charge is 2.64. The number of fused-ring (bicyclic) bond motifs is 3. The van der Waals surface area contributed by atoms with Gasteiger partial charge in [0.1, 0.15) is 0 Å². The zero-order chi connectivity index (χ0) is 17.8. The van der Waals surface area contributed by atoms with E-state index in [1.807, 2.05) is 0 Å². The Bertz CT molecular complexity index is 803. The van der Waals surface area contributed by atoms with Gasteiger partial charge in [0.05, 0.1) is 11.3 Å². The fourth-order valence-electron chi connectivity index (χ4n) is 3.76. The van der Waals surface area contributed by atoms with Crippen molar-refractivity contribution in [3.8, 4) is 0 Å². The molecule has 2 N–H and O–H groups in total. The molecule has 1 aromatic rings. The molecule has 2 heterocycles. The lowest BCUT2D eigenvalue weighted by atomic mass is 9.96. The van der Waals surface area contributed by atoms with E-state index in [1.165, 1.54) is 9.80 Å². The zero-order valence-corrected chi connectivity index (χ0v) is 13.4. The predicted octanol–water partition coefficient (Wildman–Crippen LogP) is 0.156. The van der Waals surface area contributed by atoms with E-state index >= 15 is 0 Å². The van der Waals surface area contributed by atoms with E-state index in [9.17, 15) is 19.2 Å². The average molecular weight is 343 g/mol. The number of nitrogens with zero attached hydrogens (tertiary/aromatic N) is 2. The molecule has 1 saturated heterocycles. The predicted molar refractivity (Wildman–Crippen MR) is 85.2 cm³/mol. The second-order valence-corrected chi connectivity index (χ2v) is 6.51. The summed E-state index contributed by atoms with van der Waals surface area (Å²) in [5.41, 5.74) is 4.33. The summed E-state index contributed by atoms with van der Waals surface area (Å²) in [6.07, 6.45) is 1.79. The normalized spacial score (nSPS) is 24.8. The van der Waals surface area contributed by atoms with Crippen molar-refractivity contribution in [1.82, 2.24) is 4.90 Å². The van der Waals surface area contributed by atoms with Crippen molar-refractivity contribution in [2.75, 3.05) is 11.5 Å². The Balaban J connectivity index is 1.86. The van der Waals surface area contributed by atoms with Gasteiger partial charge in [0.15, 0.2) is 6.61 Å². The van der Waals surface area contributed by atoms with Crippen LogP contribution in [0.4, 0.5) is 5.69 Å². The first-order chi connectivity index (χ1) is 12.0. The van der Waals surface area contributed by atoms with Gasteiger partial charge in [0.2, 0.25) is 11.6 Å². The van der Waals surface area contributed by atoms with Crippen molar-refractivity contribution >= 4 is 29.4 Å². The van der Waals surface area contributed by atoms with Crippen LogP contribution in [0.15, 0.2) is 24.3 Å². The summed E-state index contributed by atoms with van der Waals surface area (Å²) >= 11 is 0. The first-order valence-corrected chi connectivity index (χ1v) is 8.18. The Morgan fingerprint density at radius 2 is 1.96 bits per heavy atom. The molecular weight excluding hydrogens is 326 g/mol. The minimum atomic E-state index is -1.53. The van der Waals surface area contributed by atoms with Gasteiger partial charge in [-0.1, -0.05) is 12.1 Å². The van der Waals surface area contributed by atoms with Crippen molar-refractivity contribution in [1.29, 1.82) is 0 Å². The number of amides is 3. The Morgan fingerprint density at radius 1 is 1.24 bits per heavy atom. The van der Waals surface area contributed by atoms with Crippen LogP contribution in [0.5, 0.6) is 0 Å². The average Bonchev–Trinajstić information content (AvgIpc) is 3.36. The summed E-state index contributed by atoms with van der Waals surface area (Å²) in [6.45, 7) is -0.586. The highest BCUT2D eigenvalue weighted by atomic mass is 16.5. The number of benzene rings is 1. The van der Waals surface area contributed by atoms with Gasteiger partial charge in [-0.3, -0.25) is 19.3 Å². The lowest BCUT2D eigenvalue weighted by Gasteiger charge is -2.48. The van der Waals surface area contributed by atoms with Gasteiger partial charge >= 0.3 is 5.97 Å². The van der Waals surface area contributed by atoms with Gasteiger partial charge in [-0.15, -0.1) is 0 Å². The number of carbonyl (C=O) groups is 4. The Morgan fingerprint density at radius 3 is 2.64 bits per heavy atom. The molecule has 3 aliphatic rings. The summed E-state index contributed by atoms with van der Waals surface area (Å²) < 4.78 is 5.07. The van der Waals surface area contributed by atoms with Crippen LogP contribution in [0, 0.1) is 0 Å². The lowest BCUT2D eigenvalue weighted by Crippen LogP contribution is -2.69. The third-order valence-corrected chi connectivity index (χ3v) is 4.88. The molecule has 1 saturated carbocycles. The van der Waals surface area contributed by atoms with Crippen LogP contribution in [0.1, 0.15) is 36.0 Å². The number of anilines is 1. The lowest BCUT2D eigenvalue weighted by molar-refractivity contribution is -0.159. The number of ether oxygens (including phenoxy) is 1. The maximum atomic E-state index is 13.1. The molecular formula is C17H17N3O5. The van der Waals surface area contributed by atoms with Crippen LogP contribution in [0.3, 0.4) is 0 Å². The molecule has 0 spiro atoms. The maximum absolute atomic E-state index is 13.1. The number of para-hydroxylation sites is 1. The number of hydrogen-bond acceptors (Lipinski definition) is 5. The van der Waals surface area contributed by atoms with Crippen molar-refractivity contribution in [2.45, 2.75) is 37.4 Å². The van der Waals surface area contributed by atoms with Gasteiger partial charge in [-0.05, 0) is 25.0 Å². The molecule has 0 unspecified atom stereocenters. The van der Waals surface area contributed by atoms with Crippen molar-refractivity contribution in [3.63, 3.8) is 0 Å². The van der Waals surface area contributed by atoms with Crippen LogP contribution >= 0.6 is 0 Å². The van der Waals surface area contributed by atoms with Gasteiger partial charge in [0, 0.05) is 18.9 Å². The smallest absolute Gasteiger partial charge is 0.354 e. The molecule has 3 amide bonds. The van der Waals surface area contributed by atoms with E-state index in [1.54, 1.807) is 24.3 Å². The molecule has 1 atom stereocenters. The van der Waals surface area contributed by atoms with E-state index < -0.39 is 24.1 Å². The van der Waals surface area contributed by atoms with Crippen LogP contribution in [0.2, 0.25) is 0 Å². The number of esters is 1. The summed E-state index contributed by atoms with van der Waals surface area (Å²) in [5.74, 6) is -2.12. The molecule has 8 nitrogen and oxygen atoms in total. The number of nitrogens with two attached hydrogens (primary N) is 1. The summed E-state index contributed by atoms with van der Waals surface area (Å²) in [6, 6.07) is 6.62. The van der Waals surface area contributed by atoms with Crippen LogP contribution < -0.4 is 10.6 Å². The molecule has 4 rings (SSSR count). The maximum Gasteiger partial charge on any atom is 0.354 e. The fraction of sp³-hybridized carbons (Fsp3) is 0.412. The van der Waals surface area contributed by atoms with Crippen LogP contribution in [0.25, 0.3) is 0 Å². The summed E-state index contributed by atoms with van der Waals surface area (Å²) in [7, 11) is 0. The number of rotatable bonds is 4. The first-order valence-electron chi connectivity index (χ1n) is 8.18. The van der Waals surface area contributed by atoms with Gasteiger partial charge in [-0.25, -0.2) is 4.79 Å². The molecule has 0 radical (unpaired) electrons. The highest BCUT2D eigenvalue weighted by molar-refractivity contribution is 6.15. The minimum Gasteiger partial charge on any atom is -0.452 e. The third kappa shape index (κ3) is 2.13. The van der Waals surface area contributed by atoms with E-state index in [-0.39, 0.29) is 30.7 Å². The van der Waals surface area contributed by atoms with E-state index in [0.717, 1.165) is 12.8 Å². The van der Waals surface area contributed by atoms with Crippen molar-refractivity contribution in [3.05, 3.63) is 29.8 Å². The molecule has 0 bridgehead atoms. The topological polar surface area (TPSA) is 110 Å². The standard InChI is InChI=1S/C17H17N3O5/c18-13(21)9-25-16(24)17-8-7-14(22)20(17)12-4-2-1-3-11(12)15(23)19(17)10-5-6-10/h1-4,10H,5-9H2,(H2,18,21)/t17-/m1/s1. The number of primary amides is 1. The molecule has 8 heteroatoms. The fourth-order valence-corrected chi connectivity index (χ4v) is 3.76. The molecule has 0 aromatic heterocycles. The molecule has 25 heavy (non-hydrogen) atoms. The second kappa shape index (κ2) is 5.30. The quantitative estimate of drug-likeness (QED) is 0.783. The second-order valence-electron chi connectivity index (χ2n) is 6.51. The molecule has 1 aromatic carbocycles. The highest BCUT2D eigenvalue weighted by Crippen LogP contribution is 2.49. The Hall–Kier alpha value is -2.90. The minimum absolute atomic E-state index is 0.115. The molecule has 2 aliphatic heterocycles. The number of hydrogen-bond donors (Lipinski definition) is 1. The summed E-state index contributed by atoms with van der Waals surface area (Å²) in [5, 5.41) is 0. The molecule has 2 fully saturated rings.